The highest BCUT2D eigenvalue weighted by Crippen LogP contribution is 2.29. The van der Waals surface area contributed by atoms with E-state index in [-0.39, 0.29) is 22.8 Å². The van der Waals surface area contributed by atoms with Gasteiger partial charge in [-0.15, -0.1) is 0 Å². The lowest BCUT2D eigenvalue weighted by Crippen LogP contribution is -2.32. The van der Waals surface area contributed by atoms with E-state index < -0.39 is 10.0 Å². The number of sulfonamides is 1. The molecule has 0 spiro atoms. The molecule has 0 radical (unpaired) electrons. The standard InChI is InChI=1S/C24H20N2O3S/c1-18-11-13-22(14-12-18)30(28,29)26(16-19-7-3-2-4-8-19)24-21(17-27)15-20-9-5-6-10-23(20)25-24/h2-15,17H,16H2,1H3. The molecule has 5 nitrogen and oxygen atoms in total. The van der Waals surface area contributed by atoms with Crippen LogP contribution in [0.5, 0.6) is 0 Å². The summed E-state index contributed by atoms with van der Waals surface area (Å²) in [5.41, 5.74) is 2.59. The summed E-state index contributed by atoms with van der Waals surface area (Å²) in [5, 5.41) is 0.774. The van der Waals surface area contributed by atoms with E-state index in [4.69, 9.17) is 0 Å². The van der Waals surface area contributed by atoms with Gasteiger partial charge in [0.2, 0.25) is 0 Å². The van der Waals surface area contributed by atoms with Crippen LogP contribution in [0.1, 0.15) is 21.5 Å². The topological polar surface area (TPSA) is 67.3 Å². The van der Waals surface area contributed by atoms with Crippen LogP contribution in [0.3, 0.4) is 0 Å². The van der Waals surface area contributed by atoms with Crippen LogP contribution in [0.15, 0.2) is 89.8 Å². The molecule has 0 aliphatic heterocycles. The zero-order valence-corrected chi connectivity index (χ0v) is 17.2. The molecule has 4 rings (SSSR count). The number of pyridine rings is 1. The molecule has 0 saturated carbocycles. The first-order chi connectivity index (χ1) is 14.5. The van der Waals surface area contributed by atoms with Gasteiger partial charge in [0.1, 0.15) is 0 Å². The van der Waals surface area contributed by atoms with Gasteiger partial charge in [-0.25, -0.2) is 17.7 Å². The van der Waals surface area contributed by atoms with E-state index in [0.29, 0.717) is 11.8 Å². The summed E-state index contributed by atoms with van der Waals surface area (Å²) in [7, 11) is -3.96. The van der Waals surface area contributed by atoms with E-state index in [0.717, 1.165) is 16.5 Å². The minimum Gasteiger partial charge on any atom is -0.298 e. The molecular weight excluding hydrogens is 396 g/mol. The smallest absolute Gasteiger partial charge is 0.265 e. The average molecular weight is 417 g/mol. The lowest BCUT2D eigenvalue weighted by Gasteiger charge is -2.25. The summed E-state index contributed by atoms with van der Waals surface area (Å²) < 4.78 is 28.5. The van der Waals surface area contributed by atoms with Gasteiger partial charge in [-0.05, 0) is 36.8 Å². The number of fused-ring (bicyclic) bond motifs is 1. The molecule has 0 aliphatic rings. The molecule has 1 aromatic heterocycles. The van der Waals surface area contributed by atoms with Gasteiger partial charge in [0.15, 0.2) is 12.1 Å². The van der Waals surface area contributed by atoms with Gasteiger partial charge >= 0.3 is 0 Å². The second-order valence-corrected chi connectivity index (χ2v) is 8.88. The summed E-state index contributed by atoms with van der Waals surface area (Å²) in [6.45, 7) is 1.96. The van der Waals surface area contributed by atoms with Crippen LogP contribution >= 0.6 is 0 Å². The van der Waals surface area contributed by atoms with Crippen molar-refractivity contribution in [2.24, 2.45) is 0 Å². The molecule has 3 aromatic carbocycles. The van der Waals surface area contributed by atoms with Crippen molar-refractivity contribution in [3.8, 4) is 0 Å². The minimum absolute atomic E-state index is 0.0588. The molecule has 0 fully saturated rings. The van der Waals surface area contributed by atoms with Gasteiger partial charge in [-0.1, -0.05) is 66.2 Å². The van der Waals surface area contributed by atoms with Gasteiger partial charge in [0.25, 0.3) is 10.0 Å². The fraction of sp³-hybridized carbons (Fsp3) is 0.0833. The molecule has 0 saturated heterocycles. The van der Waals surface area contributed by atoms with Crippen molar-refractivity contribution >= 4 is 33.0 Å². The predicted octanol–water partition coefficient (Wildman–Crippen LogP) is 4.75. The van der Waals surface area contributed by atoms with Gasteiger partial charge in [0.05, 0.1) is 22.5 Å². The van der Waals surface area contributed by atoms with E-state index in [1.165, 1.54) is 4.31 Å². The lowest BCUT2D eigenvalue weighted by molar-refractivity contribution is 0.112. The van der Waals surface area contributed by atoms with Crippen molar-refractivity contribution in [3.05, 3.63) is 102 Å². The zero-order chi connectivity index (χ0) is 21.1. The third-order valence-corrected chi connectivity index (χ3v) is 6.62. The van der Waals surface area contributed by atoms with E-state index in [9.17, 15) is 13.2 Å². The summed E-state index contributed by atoms with van der Waals surface area (Å²) in [6, 6.07) is 24.9. The van der Waals surface area contributed by atoms with Crippen molar-refractivity contribution in [1.29, 1.82) is 0 Å². The van der Waals surface area contributed by atoms with Crippen LogP contribution in [0, 0.1) is 6.92 Å². The number of carbonyl (C=O) groups is 1. The molecule has 0 amide bonds. The Morgan fingerprint density at radius 3 is 2.27 bits per heavy atom. The summed E-state index contributed by atoms with van der Waals surface area (Å²) >= 11 is 0. The Morgan fingerprint density at radius 1 is 0.900 bits per heavy atom. The first kappa shape index (κ1) is 19.8. The number of aromatic nitrogens is 1. The van der Waals surface area contributed by atoms with Crippen molar-refractivity contribution in [1.82, 2.24) is 4.98 Å². The Morgan fingerprint density at radius 2 is 1.57 bits per heavy atom. The Bertz CT molecular complexity index is 1300. The molecule has 30 heavy (non-hydrogen) atoms. The molecule has 0 unspecified atom stereocenters. The summed E-state index contributed by atoms with van der Waals surface area (Å²) in [6.07, 6.45) is 0.650. The van der Waals surface area contributed by atoms with Crippen LogP contribution in [-0.4, -0.2) is 19.7 Å². The molecule has 1 heterocycles. The Labute approximate surface area is 175 Å². The maximum Gasteiger partial charge on any atom is 0.265 e. The largest absolute Gasteiger partial charge is 0.298 e. The monoisotopic (exact) mass is 416 g/mol. The van der Waals surface area contributed by atoms with Crippen molar-refractivity contribution in [2.45, 2.75) is 18.4 Å². The molecule has 6 heteroatoms. The van der Waals surface area contributed by atoms with Crippen molar-refractivity contribution < 1.29 is 13.2 Å². The molecule has 4 aromatic rings. The minimum atomic E-state index is -3.96. The number of anilines is 1. The van der Waals surface area contributed by atoms with E-state index in [1.54, 1.807) is 36.4 Å². The zero-order valence-electron chi connectivity index (χ0n) is 16.4. The normalized spacial score (nSPS) is 11.4. The van der Waals surface area contributed by atoms with Gasteiger partial charge in [-0.3, -0.25) is 4.79 Å². The number of rotatable bonds is 6. The van der Waals surface area contributed by atoms with Crippen LogP contribution < -0.4 is 4.31 Å². The highest BCUT2D eigenvalue weighted by atomic mass is 32.2. The second-order valence-electron chi connectivity index (χ2n) is 7.02. The van der Waals surface area contributed by atoms with Crippen LogP contribution in [0.2, 0.25) is 0 Å². The first-order valence-corrected chi connectivity index (χ1v) is 10.9. The number of hydrogen-bond acceptors (Lipinski definition) is 4. The third-order valence-electron chi connectivity index (χ3n) is 4.87. The molecule has 0 aliphatic carbocycles. The molecule has 0 bridgehead atoms. The van der Waals surface area contributed by atoms with Gasteiger partial charge in [-0.2, -0.15) is 0 Å². The highest BCUT2D eigenvalue weighted by Gasteiger charge is 2.28. The fourth-order valence-corrected chi connectivity index (χ4v) is 4.70. The van der Waals surface area contributed by atoms with E-state index in [1.807, 2.05) is 55.5 Å². The number of carbonyl (C=O) groups excluding carboxylic acids is 1. The predicted molar refractivity (Wildman–Crippen MR) is 118 cm³/mol. The van der Waals surface area contributed by atoms with Crippen LogP contribution in [0.4, 0.5) is 5.82 Å². The molecular formula is C24H20N2O3S. The third kappa shape index (κ3) is 3.82. The van der Waals surface area contributed by atoms with E-state index in [2.05, 4.69) is 4.98 Å². The Kier molecular flexibility index (Phi) is 5.33. The number of hydrogen-bond donors (Lipinski definition) is 0. The Balaban J connectivity index is 1.92. The number of nitrogens with zero attached hydrogens (tertiary/aromatic N) is 2. The van der Waals surface area contributed by atoms with Crippen LogP contribution in [-0.2, 0) is 16.6 Å². The maximum atomic E-state index is 13.6. The maximum absolute atomic E-state index is 13.6. The van der Waals surface area contributed by atoms with Gasteiger partial charge in [0, 0.05) is 5.39 Å². The Hall–Kier alpha value is -3.51. The summed E-state index contributed by atoms with van der Waals surface area (Å²) in [4.78, 5) is 16.6. The molecule has 0 atom stereocenters. The van der Waals surface area contributed by atoms with Crippen molar-refractivity contribution in [3.63, 3.8) is 0 Å². The highest BCUT2D eigenvalue weighted by molar-refractivity contribution is 7.92. The number of aryl methyl sites for hydroxylation is 1. The molecule has 0 N–H and O–H groups in total. The average Bonchev–Trinajstić information content (AvgIpc) is 2.77. The van der Waals surface area contributed by atoms with Gasteiger partial charge < -0.3 is 0 Å². The van der Waals surface area contributed by atoms with Crippen molar-refractivity contribution in [2.75, 3.05) is 4.31 Å². The summed E-state index contributed by atoms with van der Waals surface area (Å²) in [5.74, 6) is 0.119. The lowest BCUT2D eigenvalue weighted by atomic mass is 10.1. The number of benzene rings is 3. The number of aldehydes is 1. The molecule has 150 valence electrons. The van der Waals surface area contributed by atoms with Crippen LogP contribution in [0.25, 0.3) is 10.9 Å². The van der Waals surface area contributed by atoms with E-state index >= 15 is 0 Å². The number of para-hydroxylation sites is 1. The first-order valence-electron chi connectivity index (χ1n) is 9.47. The second kappa shape index (κ2) is 8.08. The SMILES string of the molecule is Cc1ccc(S(=O)(=O)N(Cc2ccccc2)c2nc3ccccc3cc2C=O)cc1. The quantitative estimate of drug-likeness (QED) is 0.425. The fourth-order valence-electron chi connectivity index (χ4n) is 3.27.